The van der Waals surface area contributed by atoms with Crippen LogP contribution in [0.15, 0.2) is 0 Å². The highest BCUT2D eigenvalue weighted by atomic mass is 32.1. The van der Waals surface area contributed by atoms with E-state index < -0.39 is 53.8 Å². The zero-order chi connectivity index (χ0) is 22.0. The first kappa shape index (κ1) is 25.7. The van der Waals surface area contributed by atoms with Gasteiger partial charge < -0.3 is 31.9 Å². The molecule has 0 aliphatic rings. The van der Waals surface area contributed by atoms with Crippen molar-refractivity contribution in [3.8, 4) is 0 Å². The molecule has 12 heteroatoms. The summed E-state index contributed by atoms with van der Waals surface area (Å²) in [6.07, 6.45) is -0.381. The van der Waals surface area contributed by atoms with Gasteiger partial charge in [-0.05, 0) is 19.3 Å². The second-order valence-corrected chi connectivity index (χ2v) is 6.95. The predicted octanol–water partition coefficient (Wildman–Crippen LogP) is -1.68. The van der Waals surface area contributed by atoms with Gasteiger partial charge in [0.15, 0.2) is 0 Å². The molecular weight excluding hydrogens is 392 g/mol. The van der Waals surface area contributed by atoms with Crippen molar-refractivity contribution < 1.29 is 34.2 Å². The van der Waals surface area contributed by atoms with E-state index in [-0.39, 0.29) is 24.5 Å². The summed E-state index contributed by atoms with van der Waals surface area (Å²) >= 11 is 3.86. The lowest BCUT2D eigenvalue weighted by Crippen LogP contribution is -2.58. The third-order valence-electron chi connectivity index (χ3n) is 3.80. The van der Waals surface area contributed by atoms with Crippen molar-refractivity contribution in [3.05, 3.63) is 0 Å². The van der Waals surface area contributed by atoms with E-state index in [1.807, 2.05) is 0 Å². The first-order valence-electron chi connectivity index (χ1n) is 8.62. The number of thiol groups is 1. The predicted molar refractivity (Wildman–Crippen MR) is 103 cm³/mol. The molecule has 7 N–H and O–H groups in total. The Morgan fingerprint density at radius 3 is 1.93 bits per heavy atom. The Hall–Kier alpha value is -2.34. The van der Waals surface area contributed by atoms with Crippen molar-refractivity contribution in [2.75, 3.05) is 5.75 Å². The van der Waals surface area contributed by atoms with Crippen LogP contribution in [0.5, 0.6) is 0 Å². The molecule has 160 valence electrons. The summed E-state index contributed by atoms with van der Waals surface area (Å²) in [7, 11) is 0. The number of carboxylic acids is 2. The van der Waals surface area contributed by atoms with Gasteiger partial charge in [-0.25, -0.2) is 4.79 Å². The Kier molecular flexibility index (Phi) is 11.2. The number of hydrogen-bond acceptors (Lipinski definition) is 7. The highest BCUT2D eigenvalue weighted by Crippen LogP contribution is 2.04. The largest absolute Gasteiger partial charge is 0.481 e. The van der Waals surface area contributed by atoms with Crippen LogP contribution in [0.25, 0.3) is 0 Å². The lowest BCUT2D eigenvalue weighted by molar-refractivity contribution is -0.142. The summed E-state index contributed by atoms with van der Waals surface area (Å²) in [4.78, 5) is 58.1. The molecule has 3 amide bonds. The second kappa shape index (κ2) is 12.2. The average Bonchev–Trinajstić information content (AvgIpc) is 2.60. The van der Waals surface area contributed by atoms with Crippen LogP contribution in [0, 0.1) is 5.92 Å². The second-order valence-electron chi connectivity index (χ2n) is 6.58. The summed E-state index contributed by atoms with van der Waals surface area (Å²) in [5, 5.41) is 24.7. The fourth-order valence-corrected chi connectivity index (χ4v) is 2.30. The van der Waals surface area contributed by atoms with E-state index in [4.69, 9.17) is 15.9 Å². The standard InChI is InChI=1S/C16H28N4O7S/c1-7(2)12(15(25)19-10(6-28)16(26)27)20-13(23)8(3)18-14(24)9(17)4-5-11(21)22/h7-10,12,28H,4-6,17H2,1-3H3,(H,18,24)(H,19,25)(H,20,23)(H,21,22)(H,26,27). The monoisotopic (exact) mass is 420 g/mol. The smallest absolute Gasteiger partial charge is 0.327 e. The number of carbonyl (C=O) groups excluding carboxylic acids is 3. The molecule has 4 unspecified atom stereocenters. The summed E-state index contributed by atoms with van der Waals surface area (Å²) in [5.74, 6) is -4.91. The maximum absolute atomic E-state index is 12.3. The number of amides is 3. The van der Waals surface area contributed by atoms with Crippen LogP contribution in [0.3, 0.4) is 0 Å². The van der Waals surface area contributed by atoms with Gasteiger partial charge in [-0.3, -0.25) is 19.2 Å². The molecule has 0 bridgehead atoms. The quantitative estimate of drug-likeness (QED) is 0.182. The van der Waals surface area contributed by atoms with Crippen LogP contribution in [-0.2, 0) is 24.0 Å². The van der Waals surface area contributed by atoms with Crippen molar-refractivity contribution in [1.29, 1.82) is 0 Å². The van der Waals surface area contributed by atoms with E-state index in [2.05, 4.69) is 28.6 Å². The van der Waals surface area contributed by atoms with Crippen LogP contribution in [0.4, 0.5) is 0 Å². The number of aliphatic carboxylic acids is 2. The lowest BCUT2D eigenvalue weighted by atomic mass is 10.0. The first-order chi connectivity index (χ1) is 12.9. The number of rotatable bonds is 12. The van der Waals surface area contributed by atoms with Crippen LogP contribution in [0.2, 0.25) is 0 Å². The highest BCUT2D eigenvalue weighted by molar-refractivity contribution is 7.80. The van der Waals surface area contributed by atoms with Gasteiger partial charge in [-0.15, -0.1) is 0 Å². The van der Waals surface area contributed by atoms with E-state index in [0.29, 0.717) is 0 Å². The molecule has 0 radical (unpaired) electrons. The van der Waals surface area contributed by atoms with Crippen molar-refractivity contribution in [2.24, 2.45) is 11.7 Å². The van der Waals surface area contributed by atoms with E-state index in [1.165, 1.54) is 6.92 Å². The van der Waals surface area contributed by atoms with E-state index in [1.54, 1.807) is 13.8 Å². The van der Waals surface area contributed by atoms with Gasteiger partial charge in [0, 0.05) is 12.2 Å². The molecule has 0 heterocycles. The minimum atomic E-state index is -1.26. The lowest BCUT2D eigenvalue weighted by Gasteiger charge is -2.25. The minimum Gasteiger partial charge on any atom is -0.481 e. The van der Waals surface area contributed by atoms with Crippen molar-refractivity contribution in [3.63, 3.8) is 0 Å². The van der Waals surface area contributed by atoms with Crippen LogP contribution >= 0.6 is 12.6 Å². The van der Waals surface area contributed by atoms with Crippen LogP contribution in [0.1, 0.15) is 33.6 Å². The zero-order valence-corrected chi connectivity index (χ0v) is 16.9. The maximum atomic E-state index is 12.3. The summed E-state index contributed by atoms with van der Waals surface area (Å²) in [6, 6.07) is -4.38. The zero-order valence-electron chi connectivity index (χ0n) is 16.0. The Balaban J connectivity index is 4.86. The molecule has 0 aromatic carbocycles. The van der Waals surface area contributed by atoms with Crippen LogP contribution < -0.4 is 21.7 Å². The first-order valence-corrected chi connectivity index (χ1v) is 9.26. The Bertz CT molecular complexity index is 600. The molecule has 0 saturated heterocycles. The molecule has 0 aliphatic heterocycles. The van der Waals surface area contributed by atoms with Gasteiger partial charge in [0.05, 0.1) is 6.04 Å². The fourth-order valence-electron chi connectivity index (χ4n) is 2.06. The molecule has 0 aromatic rings. The molecular formula is C16H28N4O7S. The van der Waals surface area contributed by atoms with E-state index in [9.17, 15) is 24.0 Å². The number of nitrogens with two attached hydrogens (primary N) is 1. The van der Waals surface area contributed by atoms with Gasteiger partial charge in [0.2, 0.25) is 17.7 Å². The highest BCUT2D eigenvalue weighted by Gasteiger charge is 2.30. The normalized spacial score (nSPS) is 15.1. The minimum absolute atomic E-state index is 0.0904. The summed E-state index contributed by atoms with van der Waals surface area (Å²) in [6.45, 7) is 4.69. The molecule has 4 atom stereocenters. The molecule has 11 nitrogen and oxygen atoms in total. The van der Waals surface area contributed by atoms with E-state index >= 15 is 0 Å². The Morgan fingerprint density at radius 2 is 1.50 bits per heavy atom. The fraction of sp³-hybridized carbons (Fsp3) is 0.688. The molecule has 0 aliphatic carbocycles. The molecule has 0 aromatic heterocycles. The number of carboxylic acid groups (broad SMARTS) is 2. The van der Waals surface area contributed by atoms with Gasteiger partial charge in [0.25, 0.3) is 0 Å². The van der Waals surface area contributed by atoms with Gasteiger partial charge >= 0.3 is 11.9 Å². The topological polar surface area (TPSA) is 188 Å². The molecule has 28 heavy (non-hydrogen) atoms. The number of hydrogen-bond donors (Lipinski definition) is 7. The van der Waals surface area contributed by atoms with Crippen molar-refractivity contribution in [2.45, 2.75) is 57.8 Å². The molecule has 0 rings (SSSR count). The van der Waals surface area contributed by atoms with Gasteiger partial charge in [0.1, 0.15) is 18.1 Å². The molecule has 0 saturated carbocycles. The Morgan fingerprint density at radius 1 is 0.929 bits per heavy atom. The third-order valence-corrected chi connectivity index (χ3v) is 4.17. The van der Waals surface area contributed by atoms with E-state index in [0.717, 1.165) is 0 Å². The maximum Gasteiger partial charge on any atom is 0.327 e. The third kappa shape index (κ3) is 9.04. The Labute approximate surface area is 168 Å². The summed E-state index contributed by atoms with van der Waals surface area (Å²) < 4.78 is 0. The SMILES string of the molecule is CC(NC(=O)C(N)CCC(=O)O)C(=O)NC(C(=O)NC(CS)C(=O)O)C(C)C. The number of carbonyl (C=O) groups is 5. The van der Waals surface area contributed by atoms with Crippen molar-refractivity contribution >= 4 is 42.3 Å². The van der Waals surface area contributed by atoms with Crippen molar-refractivity contribution in [1.82, 2.24) is 16.0 Å². The van der Waals surface area contributed by atoms with Gasteiger partial charge in [-0.2, -0.15) is 12.6 Å². The summed E-state index contributed by atoms with van der Waals surface area (Å²) in [5.41, 5.74) is 5.58. The number of nitrogens with one attached hydrogen (secondary N) is 3. The average molecular weight is 420 g/mol. The van der Waals surface area contributed by atoms with Gasteiger partial charge in [-0.1, -0.05) is 13.8 Å². The molecule has 0 spiro atoms. The van der Waals surface area contributed by atoms with Crippen LogP contribution in [-0.4, -0.2) is 69.8 Å². The molecule has 0 fully saturated rings.